The number of para-hydroxylation sites is 1. The molecule has 0 radical (unpaired) electrons. The van der Waals surface area contributed by atoms with Gasteiger partial charge in [-0.25, -0.2) is 13.4 Å². The minimum Gasteiger partial charge on any atom is -0.497 e. The van der Waals surface area contributed by atoms with Crippen molar-refractivity contribution in [3.63, 3.8) is 0 Å². The van der Waals surface area contributed by atoms with Crippen molar-refractivity contribution in [3.05, 3.63) is 58.6 Å². The van der Waals surface area contributed by atoms with Crippen LogP contribution in [0, 0.1) is 6.92 Å². The van der Waals surface area contributed by atoms with Gasteiger partial charge in [0.25, 0.3) is 5.56 Å². The van der Waals surface area contributed by atoms with Crippen LogP contribution in [0.5, 0.6) is 11.5 Å². The molecule has 8 nitrogen and oxygen atoms in total. The summed E-state index contributed by atoms with van der Waals surface area (Å²) in [5.41, 5.74) is 0.588. The minimum atomic E-state index is -3.77. The quantitative estimate of drug-likeness (QED) is 0.602. The van der Waals surface area contributed by atoms with Gasteiger partial charge in [-0.2, -0.15) is 4.31 Å². The van der Waals surface area contributed by atoms with Crippen LogP contribution in [0.3, 0.4) is 0 Å². The SMILES string of the molecule is COc1ccc(OC)c(S(=O)(=O)N2CCC(n3c(C)nc4ccccc4c3=O)CC2)c1. The van der Waals surface area contributed by atoms with Crippen LogP contribution in [0.4, 0.5) is 0 Å². The number of hydrogen-bond donors (Lipinski definition) is 0. The van der Waals surface area contributed by atoms with Gasteiger partial charge in [-0.1, -0.05) is 12.1 Å². The zero-order valence-corrected chi connectivity index (χ0v) is 18.6. The Morgan fingerprint density at radius 3 is 2.42 bits per heavy atom. The number of piperidine rings is 1. The van der Waals surface area contributed by atoms with Gasteiger partial charge in [-0.05, 0) is 44.0 Å². The normalized spacial score (nSPS) is 15.8. The molecule has 0 spiro atoms. The van der Waals surface area contributed by atoms with E-state index in [1.807, 2.05) is 25.1 Å². The molecule has 1 aliphatic rings. The Hall–Kier alpha value is -2.91. The van der Waals surface area contributed by atoms with E-state index in [4.69, 9.17) is 9.47 Å². The van der Waals surface area contributed by atoms with Crippen LogP contribution >= 0.6 is 0 Å². The third kappa shape index (κ3) is 3.79. The molecule has 164 valence electrons. The second kappa shape index (κ2) is 8.32. The van der Waals surface area contributed by atoms with E-state index >= 15 is 0 Å². The van der Waals surface area contributed by atoms with Gasteiger partial charge in [-0.15, -0.1) is 0 Å². The van der Waals surface area contributed by atoms with E-state index in [1.165, 1.54) is 24.6 Å². The van der Waals surface area contributed by atoms with Gasteiger partial charge in [0.15, 0.2) is 0 Å². The zero-order valence-electron chi connectivity index (χ0n) is 17.7. The van der Waals surface area contributed by atoms with Crippen LogP contribution in [0.2, 0.25) is 0 Å². The largest absolute Gasteiger partial charge is 0.497 e. The molecular weight excluding hydrogens is 418 g/mol. The number of sulfonamides is 1. The summed E-state index contributed by atoms with van der Waals surface area (Å²) >= 11 is 0. The standard InChI is InChI=1S/C22H25N3O5S/c1-15-23-19-7-5-4-6-18(19)22(26)25(15)16-10-12-24(13-11-16)31(27,28)21-14-17(29-2)8-9-20(21)30-3/h4-9,14,16H,10-13H2,1-3H3. The van der Waals surface area contributed by atoms with E-state index in [1.54, 1.807) is 22.8 Å². The smallest absolute Gasteiger partial charge is 0.261 e. The minimum absolute atomic E-state index is 0.0773. The van der Waals surface area contributed by atoms with Crippen molar-refractivity contribution in [1.29, 1.82) is 0 Å². The summed E-state index contributed by atoms with van der Waals surface area (Å²) in [4.78, 5) is 17.7. The number of aromatic nitrogens is 2. The summed E-state index contributed by atoms with van der Waals surface area (Å²) in [6, 6.07) is 11.9. The number of hydrogen-bond acceptors (Lipinski definition) is 6. The Morgan fingerprint density at radius 1 is 1.03 bits per heavy atom. The summed E-state index contributed by atoms with van der Waals surface area (Å²) < 4.78 is 40.2. The molecule has 1 saturated heterocycles. The van der Waals surface area contributed by atoms with Crippen LogP contribution in [0.25, 0.3) is 10.9 Å². The number of methoxy groups -OCH3 is 2. The molecule has 4 rings (SSSR count). The number of ether oxygens (including phenoxy) is 2. The van der Waals surface area contributed by atoms with Crippen molar-refractivity contribution in [2.75, 3.05) is 27.3 Å². The van der Waals surface area contributed by atoms with Crippen LogP contribution in [-0.2, 0) is 10.0 Å². The molecule has 2 aromatic carbocycles. The summed E-state index contributed by atoms with van der Waals surface area (Å²) in [7, 11) is -0.846. The number of nitrogens with zero attached hydrogens (tertiary/aromatic N) is 3. The molecule has 0 saturated carbocycles. The molecular formula is C22H25N3O5S. The van der Waals surface area contributed by atoms with Gasteiger partial charge in [-0.3, -0.25) is 9.36 Å². The lowest BCUT2D eigenvalue weighted by Gasteiger charge is -2.33. The molecule has 2 heterocycles. The lowest BCUT2D eigenvalue weighted by molar-refractivity contribution is 0.266. The molecule has 0 unspecified atom stereocenters. The van der Waals surface area contributed by atoms with Crippen LogP contribution < -0.4 is 15.0 Å². The summed E-state index contributed by atoms with van der Waals surface area (Å²) in [6.07, 6.45) is 1.04. The van der Waals surface area contributed by atoms with E-state index in [2.05, 4.69) is 4.98 Å². The Morgan fingerprint density at radius 2 is 1.74 bits per heavy atom. The Balaban J connectivity index is 1.61. The molecule has 31 heavy (non-hydrogen) atoms. The van der Waals surface area contributed by atoms with Gasteiger partial charge < -0.3 is 9.47 Å². The first-order valence-corrected chi connectivity index (χ1v) is 11.5. The van der Waals surface area contributed by atoms with Crippen molar-refractivity contribution in [1.82, 2.24) is 13.9 Å². The number of fused-ring (bicyclic) bond motifs is 1. The topological polar surface area (TPSA) is 90.7 Å². The monoisotopic (exact) mass is 443 g/mol. The molecule has 3 aromatic rings. The average molecular weight is 444 g/mol. The fourth-order valence-corrected chi connectivity index (χ4v) is 5.79. The number of rotatable bonds is 5. The predicted octanol–water partition coefficient (Wildman–Crippen LogP) is 2.75. The average Bonchev–Trinajstić information content (AvgIpc) is 2.79. The molecule has 0 atom stereocenters. The van der Waals surface area contributed by atoms with E-state index in [0.29, 0.717) is 48.4 Å². The molecule has 0 bridgehead atoms. The third-order valence-corrected chi connectivity index (χ3v) is 7.68. The van der Waals surface area contributed by atoms with E-state index < -0.39 is 10.0 Å². The second-order valence-corrected chi connectivity index (χ2v) is 9.41. The van der Waals surface area contributed by atoms with Gasteiger partial charge in [0.05, 0.1) is 25.1 Å². The number of benzene rings is 2. The Labute approximate surface area is 181 Å². The second-order valence-electron chi connectivity index (χ2n) is 7.50. The van der Waals surface area contributed by atoms with Gasteiger partial charge in [0.1, 0.15) is 22.2 Å². The van der Waals surface area contributed by atoms with Crippen molar-refractivity contribution >= 4 is 20.9 Å². The van der Waals surface area contributed by atoms with Gasteiger partial charge in [0.2, 0.25) is 10.0 Å². The third-order valence-electron chi connectivity index (χ3n) is 5.76. The van der Waals surface area contributed by atoms with E-state index in [9.17, 15) is 13.2 Å². The van der Waals surface area contributed by atoms with Crippen molar-refractivity contribution < 1.29 is 17.9 Å². The maximum atomic E-state index is 13.3. The van der Waals surface area contributed by atoms with Gasteiger partial charge in [0, 0.05) is 25.2 Å². The van der Waals surface area contributed by atoms with Crippen LogP contribution in [0.15, 0.2) is 52.2 Å². The first-order valence-electron chi connectivity index (χ1n) is 10.1. The molecule has 9 heteroatoms. The highest BCUT2D eigenvalue weighted by Gasteiger charge is 2.33. The first kappa shape index (κ1) is 21.3. The lowest BCUT2D eigenvalue weighted by Crippen LogP contribution is -2.41. The highest BCUT2D eigenvalue weighted by atomic mass is 32.2. The summed E-state index contributed by atoms with van der Waals surface area (Å²) in [5.74, 6) is 1.35. The van der Waals surface area contributed by atoms with E-state index in [0.717, 1.165) is 0 Å². The molecule has 0 amide bonds. The Kier molecular flexibility index (Phi) is 5.72. The van der Waals surface area contributed by atoms with E-state index in [-0.39, 0.29) is 22.2 Å². The molecule has 0 N–H and O–H groups in total. The van der Waals surface area contributed by atoms with Crippen molar-refractivity contribution in [2.45, 2.75) is 30.7 Å². The molecule has 0 aliphatic carbocycles. The van der Waals surface area contributed by atoms with Crippen LogP contribution in [-0.4, -0.2) is 49.6 Å². The fourth-order valence-electron chi connectivity index (χ4n) is 4.15. The molecule has 1 aliphatic heterocycles. The summed E-state index contributed by atoms with van der Waals surface area (Å²) in [5, 5.41) is 0.573. The summed E-state index contributed by atoms with van der Waals surface area (Å²) in [6.45, 7) is 2.41. The maximum Gasteiger partial charge on any atom is 0.261 e. The van der Waals surface area contributed by atoms with Crippen LogP contribution in [0.1, 0.15) is 24.7 Å². The van der Waals surface area contributed by atoms with Crippen molar-refractivity contribution in [3.8, 4) is 11.5 Å². The zero-order chi connectivity index (χ0) is 22.2. The highest BCUT2D eigenvalue weighted by Crippen LogP contribution is 2.33. The lowest BCUT2D eigenvalue weighted by atomic mass is 10.1. The predicted molar refractivity (Wildman–Crippen MR) is 117 cm³/mol. The highest BCUT2D eigenvalue weighted by molar-refractivity contribution is 7.89. The first-order chi connectivity index (χ1) is 14.9. The fraction of sp³-hybridized carbons (Fsp3) is 0.364. The molecule has 1 aromatic heterocycles. The molecule has 1 fully saturated rings. The van der Waals surface area contributed by atoms with Crippen molar-refractivity contribution in [2.24, 2.45) is 0 Å². The maximum absolute atomic E-state index is 13.3. The Bertz CT molecular complexity index is 1280. The number of aryl methyl sites for hydroxylation is 1. The van der Waals surface area contributed by atoms with Gasteiger partial charge >= 0.3 is 0 Å².